The van der Waals surface area contributed by atoms with Crippen LogP contribution in [0.15, 0.2) is 48.5 Å². The Bertz CT molecular complexity index is 819. The van der Waals surface area contributed by atoms with Gasteiger partial charge in [0.05, 0.1) is 6.61 Å². The van der Waals surface area contributed by atoms with E-state index in [-0.39, 0.29) is 5.91 Å². The minimum absolute atomic E-state index is 0.106. The molecule has 28 heavy (non-hydrogen) atoms. The highest BCUT2D eigenvalue weighted by molar-refractivity contribution is 5.99. The lowest BCUT2D eigenvalue weighted by Gasteiger charge is -2.10. The van der Waals surface area contributed by atoms with Crippen LogP contribution in [-0.2, 0) is 4.79 Å². The Hall–Kier alpha value is -3.35. The first kappa shape index (κ1) is 21.0. The molecule has 3 amide bonds. The van der Waals surface area contributed by atoms with Crippen LogP contribution in [0.3, 0.4) is 0 Å². The number of benzene rings is 2. The van der Waals surface area contributed by atoms with E-state index in [4.69, 9.17) is 4.74 Å². The molecule has 0 spiro atoms. The van der Waals surface area contributed by atoms with Gasteiger partial charge in [0.2, 0.25) is 5.91 Å². The van der Waals surface area contributed by atoms with Crippen molar-refractivity contribution in [2.24, 2.45) is 0 Å². The summed E-state index contributed by atoms with van der Waals surface area (Å²) in [5.74, 6) is -0.402. The van der Waals surface area contributed by atoms with Gasteiger partial charge in [-0.2, -0.15) is 0 Å². The van der Waals surface area contributed by atoms with Gasteiger partial charge in [-0.05, 0) is 48.9 Å². The molecule has 0 saturated carbocycles. The minimum Gasteiger partial charge on any atom is -0.494 e. The smallest absolute Gasteiger partial charge is 0.269 e. The number of anilines is 1. The summed E-state index contributed by atoms with van der Waals surface area (Å²) >= 11 is 0. The van der Waals surface area contributed by atoms with E-state index in [1.807, 2.05) is 0 Å². The van der Waals surface area contributed by atoms with E-state index >= 15 is 0 Å². The molecule has 2 rings (SSSR count). The van der Waals surface area contributed by atoms with E-state index in [9.17, 15) is 14.4 Å². The summed E-state index contributed by atoms with van der Waals surface area (Å²) in [5, 5.41) is 2.70. The third-order valence-corrected chi connectivity index (χ3v) is 3.90. The minimum atomic E-state index is -0.461. The van der Waals surface area contributed by atoms with Gasteiger partial charge >= 0.3 is 0 Å². The molecule has 7 heteroatoms. The molecule has 0 aliphatic rings. The van der Waals surface area contributed by atoms with Crippen molar-refractivity contribution in [1.82, 2.24) is 10.9 Å². The van der Waals surface area contributed by atoms with Crippen LogP contribution in [0.5, 0.6) is 5.75 Å². The molecular weight excluding hydrogens is 358 g/mol. The lowest BCUT2D eigenvalue weighted by Crippen LogP contribution is -2.41. The van der Waals surface area contributed by atoms with Crippen LogP contribution in [-0.4, -0.2) is 24.3 Å². The molecule has 0 heterocycles. The van der Waals surface area contributed by atoms with E-state index in [1.54, 1.807) is 55.5 Å². The molecule has 0 bridgehead atoms. The fraction of sp³-hybridized carbons (Fsp3) is 0.286. The third-order valence-electron chi connectivity index (χ3n) is 3.90. The molecule has 0 aliphatic heterocycles. The van der Waals surface area contributed by atoms with Crippen LogP contribution < -0.4 is 20.9 Å². The number of amides is 3. The van der Waals surface area contributed by atoms with Gasteiger partial charge < -0.3 is 10.1 Å². The van der Waals surface area contributed by atoms with Crippen molar-refractivity contribution in [1.29, 1.82) is 0 Å². The number of rotatable bonds is 8. The maximum atomic E-state index is 12.2. The van der Waals surface area contributed by atoms with Crippen molar-refractivity contribution in [3.05, 3.63) is 59.7 Å². The maximum absolute atomic E-state index is 12.2. The molecule has 2 aromatic carbocycles. The number of unbranched alkanes of at least 4 members (excludes halogenated alkanes) is 1. The van der Waals surface area contributed by atoms with Crippen molar-refractivity contribution < 1.29 is 19.1 Å². The van der Waals surface area contributed by atoms with Gasteiger partial charge in [0.25, 0.3) is 11.8 Å². The number of carbonyl (C=O) groups excluding carboxylic acids is 3. The van der Waals surface area contributed by atoms with Gasteiger partial charge in [-0.3, -0.25) is 25.2 Å². The highest BCUT2D eigenvalue weighted by Gasteiger charge is 2.10. The fourth-order valence-corrected chi connectivity index (χ4v) is 2.27. The number of hydrazine groups is 1. The predicted molar refractivity (Wildman–Crippen MR) is 107 cm³/mol. The summed E-state index contributed by atoms with van der Waals surface area (Å²) < 4.78 is 5.58. The molecular formula is C21H25N3O4. The van der Waals surface area contributed by atoms with Gasteiger partial charge in [-0.15, -0.1) is 0 Å². The lowest BCUT2D eigenvalue weighted by molar-refractivity contribution is -0.115. The average molecular weight is 383 g/mol. The van der Waals surface area contributed by atoms with Crippen LogP contribution >= 0.6 is 0 Å². The normalized spacial score (nSPS) is 10.1. The monoisotopic (exact) mass is 383 g/mol. The first-order valence-corrected chi connectivity index (χ1v) is 9.27. The van der Waals surface area contributed by atoms with E-state index in [1.165, 1.54) is 0 Å². The van der Waals surface area contributed by atoms with E-state index in [2.05, 4.69) is 23.1 Å². The Labute approximate surface area is 164 Å². The second-order valence-corrected chi connectivity index (χ2v) is 6.12. The van der Waals surface area contributed by atoms with Crippen molar-refractivity contribution in [2.45, 2.75) is 33.1 Å². The average Bonchev–Trinajstić information content (AvgIpc) is 2.72. The molecule has 0 atom stereocenters. The Morgan fingerprint density at radius 3 is 2.21 bits per heavy atom. The number of hydrogen-bond acceptors (Lipinski definition) is 4. The molecule has 0 aromatic heterocycles. The zero-order valence-electron chi connectivity index (χ0n) is 16.1. The van der Waals surface area contributed by atoms with Gasteiger partial charge in [0, 0.05) is 23.2 Å². The van der Waals surface area contributed by atoms with Crippen molar-refractivity contribution in [2.75, 3.05) is 11.9 Å². The van der Waals surface area contributed by atoms with Gasteiger partial charge in [0.1, 0.15) is 5.75 Å². The second-order valence-electron chi connectivity index (χ2n) is 6.12. The summed E-state index contributed by atoms with van der Waals surface area (Å²) in [4.78, 5) is 35.8. The SMILES string of the molecule is CCCCOc1cccc(C(=O)NNC(=O)c2ccc(NC(=O)CC)cc2)c1. The molecule has 7 nitrogen and oxygen atoms in total. The topological polar surface area (TPSA) is 96.5 Å². The Morgan fingerprint density at radius 2 is 1.57 bits per heavy atom. The van der Waals surface area contributed by atoms with E-state index < -0.39 is 11.8 Å². The second kappa shape index (κ2) is 10.7. The zero-order chi connectivity index (χ0) is 20.4. The van der Waals surface area contributed by atoms with Gasteiger partial charge in [-0.1, -0.05) is 26.3 Å². The van der Waals surface area contributed by atoms with Crippen molar-refractivity contribution in [3.63, 3.8) is 0 Å². The van der Waals surface area contributed by atoms with Crippen LogP contribution in [0.4, 0.5) is 5.69 Å². The number of carbonyl (C=O) groups is 3. The lowest BCUT2D eigenvalue weighted by atomic mass is 10.2. The highest BCUT2D eigenvalue weighted by Crippen LogP contribution is 2.14. The van der Waals surface area contributed by atoms with Crippen molar-refractivity contribution >= 4 is 23.4 Å². The highest BCUT2D eigenvalue weighted by atomic mass is 16.5. The first-order chi connectivity index (χ1) is 13.5. The van der Waals surface area contributed by atoms with Gasteiger partial charge in [-0.25, -0.2) is 0 Å². The number of nitrogens with one attached hydrogen (secondary N) is 3. The Balaban J connectivity index is 1.89. The molecule has 148 valence electrons. The Morgan fingerprint density at radius 1 is 0.893 bits per heavy atom. The summed E-state index contributed by atoms with van der Waals surface area (Å²) in [7, 11) is 0. The van der Waals surface area contributed by atoms with E-state index in [0.717, 1.165) is 12.8 Å². The summed E-state index contributed by atoms with van der Waals surface area (Å²) in [6, 6.07) is 13.2. The fourth-order valence-electron chi connectivity index (χ4n) is 2.27. The molecule has 0 saturated heterocycles. The number of hydrogen-bond donors (Lipinski definition) is 3. The van der Waals surface area contributed by atoms with E-state index in [0.29, 0.717) is 35.6 Å². The van der Waals surface area contributed by atoms with Crippen LogP contribution in [0, 0.1) is 0 Å². The molecule has 0 unspecified atom stereocenters. The molecule has 0 aliphatic carbocycles. The maximum Gasteiger partial charge on any atom is 0.269 e. The zero-order valence-corrected chi connectivity index (χ0v) is 16.1. The van der Waals surface area contributed by atoms with Gasteiger partial charge in [0.15, 0.2) is 0 Å². The molecule has 0 fully saturated rings. The van der Waals surface area contributed by atoms with Crippen LogP contribution in [0.1, 0.15) is 53.8 Å². The molecule has 3 N–H and O–H groups in total. The number of ether oxygens (including phenoxy) is 1. The molecule has 0 radical (unpaired) electrons. The quantitative estimate of drug-likeness (QED) is 0.481. The summed E-state index contributed by atoms with van der Waals surface area (Å²) in [5.41, 5.74) is 6.10. The van der Waals surface area contributed by atoms with Crippen LogP contribution in [0.2, 0.25) is 0 Å². The summed E-state index contributed by atoms with van der Waals surface area (Å²) in [6.45, 7) is 4.42. The standard InChI is InChI=1S/C21H25N3O4/c1-3-5-13-28-18-8-6-7-16(14-18)21(27)24-23-20(26)15-9-11-17(12-10-15)22-19(25)4-2/h6-12,14H,3-5,13H2,1-2H3,(H,22,25)(H,23,26)(H,24,27). The van der Waals surface area contributed by atoms with Crippen molar-refractivity contribution in [3.8, 4) is 5.75 Å². The Kier molecular flexibility index (Phi) is 8.02. The third kappa shape index (κ3) is 6.42. The molecule has 2 aromatic rings. The predicted octanol–water partition coefficient (Wildman–Crippen LogP) is 3.29. The first-order valence-electron chi connectivity index (χ1n) is 9.27. The summed E-state index contributed by atoms with van der Waals surface area (Å²) in [6.07, 6.45) is 2.34. The van der Waals surface area contributed by atoms with Crippen LogP contribution in [0.25, 0.3) is 0 Å². The largest absolute Gasteiger partial charge is 0.494 e.